The fourth-order valence-corrected chi connectivity index (χ4v) is 1.80. The molecular weight excluding hydrogens is 261 g/mol. The van der Waals surface area contributed by atoms with Gasteiger partial charge in [0.05, 0.1) is 0 Å². The van der Waals surface area contributed by atoms with Crippen LogP contribution in [0.1, 0.15) is 32.8 Å². The van der Waals surface area contributed by atoms with Gasteiger partial charge in [0.1, 0.15) is 11.4 Å². The molecule has 5 heteroatoms. The van der Waals surface area contributed by atoms with Crippen LogP contribution in [0.15, 0.2) is 24.3 Å². The quantitative estimate of drug-likeness (QED) is 0.841. The smallest absolute Gasteiger partial charge is 0.329 e. The van der Waals surface area contributed by atoms with Crippen LogP contribution in [0.2, 0.25) is 0 Å². The minimum Gasteiger partial charge on any atom is -0.480 e. The van der Waals surface area contributed by atoms with Gasteiger partial charge in [-0.25, -0.2) is 9.18 Å². The zero-order valence-corrected chi connectivity index (χ0v) is 11.9. The Labute approximate surface area is 118 Å². The first-order valence-electron chi connectivity index (χ1n) is 6.58. The van der Waals surface area contributed by atoms with Crippen LogP contribution < -0.4 is 5.32 Å². The molecule has 0 bridgehead atoms. The van der Waals surface area contributed by atoms with E-state index in [1.807, 2.05) is 0 Å². The Morgan fingerprint density at radius 3 is 2.60 bits per heavy atom. The van der Waals surface area contributed by atoms with Crippen LogP contribution in [0.4, 0.5) is 4.39 Å². The summed E-state index contributed by atoms with van der Waals surface area (Å²) in [6.07, 6.45) is 0.657. The van der Waals surface area contributed by atoms with Crippen molar-refractivity contribution in [1.29, 1.82) is 0 Å². The minimum absolute atomic E-state index is 0.292. The van der Waals surface area contributed by atoms with Crippen molar-refractivity contribution in [3.8, 4) is 0 Å². The van der Waals surface area contributed by atoms with E-state index in [4.69, 9.17) is 5.11 Å². The molecule has 0 aliphatic rings. The number of carbonyl (C=O) groups is 2. The molecule has 1 rings (SSSR count). The molecular formula is C15H20FNO3. The van der Waals surface area contributed by atoms with Gasteiger partial charge in [0.2, 0.25) is 5.91 Å². The highest BCUT2D eigenvalue weighted by molar-refractivity contribution is 5.87. The van der Waals surface area contributed by atoms with E-state index in [1.54, 1.807) is 26.0 Å². The lowest BCUT2D eigenvalue weighted by molar-refractivity contribution is -0.147. The third-order valence-electron chi connectivity index (χ3n) is 3.46. The summed E-state index contributed by atoms with van der Waals surface area (Å²) in [5.74, 6) is -2.19. The molecule has 2 atom stereocenters. The first kappa shape index (κ1) is 16.1. The molecule has 0 aromatic heterocycles. The monoisotopic (exact) mass is 281 g/mol. The van der Waals surface area contributed by atoms with Crippen molar-refractivity contribution >= 4 is 11.9 Å². The zero-order valence-electron chi connectivity index (χ0n) is 11.9. The molecule has 4 nitrogen and oxygen atoms in total. The predicted octanol–water partition coefficient (Wildman–Crippen LogP) is 2.37. The van der Waals surface area contributed by atoms with Gasteiger partial charge in [-0.3, -0.25) is 4.79 Å². The van der Waals surface area contributed by atoms with Crippen LogP contribution in [0.5, 0.6) is 0 Å². The van der Waals surface area contributed by atoms with Crippen molar-refractivity contribution in [2.24, 2.45) is 5.92 Å². The number of halogens is 1. The lowest BCUT2D eigenvalue weighted by Crippen LogP contribution is -2.53. The SMILES string of the molecule is CCC(C)(NC(=O)C(C)Cc1cccc(F)c1)C(=O)O. The van der Waals surface area contributed by atoms with Crippen molar-refractivity contribution in [3.05, 3.63) is 35.6 Å². The maximum atomic E-state index is 13.1. The highest BCUT2D eigenvalue weighted by atomic mass is 19.1. The third kappa shape index (κ3) is 4.05. The van der Waals surface area contributed by atoms with Crippen molar-refractivity contribution < 1.29 is 19.1 Å². The van der Waals surface area contributed by atoms with E-state index >= 15 is 0 Å². The molecule has 0 radical (unpaired) electrons. The second-order valence-corrected chi connectivity index (χ2v) is 5.22. The van der Waals surface area contributed by atoms with Crippen LogP contribution >= 0.6 is 0 Å². The number of nitrogens with one attached hydrogen (secondary N) is 1. The molecule has 110 valence electrons. The van der Waals surface area contributed by atoms with Crippen LogP contribution in [-0.2, 0) is 16.0 Å². The summed E-state index contributed by atoms with van der Waals surface area (Å²) >= 11 is 0. The maximum Gasteiger partial charge on any atom is 0.329 e. The van der Waals surface area contributed by atoms with E-state index in [2.05, 4.69) is 5.32 Å². The summed E-state index contributed by atoms with van der Waals surface area (Å²) < 4.78 is 13.1. The largest absolute Gasteiger partial charge is 0.480 e. The second-order valence-electron chi connectivity index (χ2n) is 5.22. The van der Waals surface area contributed by atoms with Gasteiger partial charge in [-0.1, -0.05) is 26.0 Å². The van der Waals surface area contributed by atoms with Gasteiger partial charge in [-0.15, -0.1) is 0 Å². The number of carbonyl (C=O) groups excluding carboxylic acids is 1. The van der Waals surface area contributed by atoms with E-state index in [1.165, 1.54) is 19.1 Å². The standard InChI is InChI=1S/C15H20FNO3/c1-4-15(3,14(19)20)17-13(18)10(2)8-11-6-5-7-12(16)9-11/h5-7,9-10H,4,8H2,1-3H3,(H,17,18)(H,19,20). The first-order chi connectivity index (χ1) is 9.28. The third-order valence-corrected chi connectivity index (χ3v) is 3.46. The predicted molar refractivity (Wildman–Crippen MR) is 73.7 cm³/mol. The summed E-state index contributed by atoms with van der Waals surface area (Å²) in [6.45, 7) is 4.87. The second kappa shape index (κ2) is 6.50. The van der Waals surface area contributed by atoms with Gasteiger partial charge in [-0.2, -0.15) is 0 Å². The fourth-order valence-electron chi connectivity index (χ4n) is 1.80. The van der Waals surface area contributed by atoms with Crippen LogP contribution in [-0.4, -0.2) is 22.5 Å². The number of rotatable bonds is 6. The van der Waals surface area contributed by atoms with Crippen LogP contribution in [0, 0.1) is 11.7 Å². The molecule has 0 fully saturated rings. The molecule has 2 N–H and O–H groups in total. The van der Waals surface area contributed by atoms with E-state index in [9.17, 15) is 14.0 Å². The molecule has 0 aliphatic heterocycles. The summed E-state index contributed by atoms with van der Waals surface area (Å²) in [5.41, 5.74) is -0.561. The number of hydrogen-bond donors (Lipinski definition) is 2. The highest BCUT2D eigenvalue weighted by Gasteiger charge is 2.33. The van der Waals surface area contributed by atoms with Crippen molar-refractivity contribution in [1.82, 2.24) is 5.32 Å². The Morgan fingerprint density at radius 2 is 2.10 bits per heavy atom. The molecule has 1 amide bonds. The maximum absolute atomic E-state index is 13.1. The Kier molecular flexibility index (Phi) is 5.25. The van der Waals surface area contributed by atoms with Gasteiger partial charge in [0, 0.05) is 5.92 Å². The Bertz CT molecular complexity index is 504. The van der Waals surface area contributed by atoms with Gasteiger partial charge >= 0.3 is 5.97 Å². The normalized spacial score (nSPS) is 15.2. The number of carboxylic acid groups (broad SMARTS) is 1. The molecule has 0 spiro atoms. The topological polar surface area (TPSA) is 66.4 Å². The van der Waals surface area contributed by atoms with Crippen LogP contribution in [0.25, 0.3) is 0 Å². The molecule has 1 aromatic carbocycles. The number of aliphatic carboxylic acids is 1. The summed E-state index contributed by atoms with van der Waals surface area (Å²) in [7, 11) is 0. The zero-order chi connectivity index (χ0) is 15.3. The van der Waals surface area contributed by atoms with Crippen molar-refractivity contribution in [2.45, 2.75) is 39.2 Å². The van der Waals surface area contributed by atoms with E-state index < -0.39 is 17.4 Å². The molecule has 0 saturated carbocycles. The Balaban J connectivity index is 2.70. The first-order valence-corrected chi connectivity index (χ1v) is 6.58. The number of amides is 1. The van der Waals surface area contributed by atoms with E-state index in [0.717, 1.165) is 0 Å². The minimum atomic E-state index is -1.27. The Morgan fingerprint density at radius 1 is 1.45 bits per heavy atom. The van der Waals surface area contributed by atoms with Gasteiger partial charge < -0.3 is 10.4 Å². The van der Waals surface area contributed by atoms with E-state index in [-0.39, 0.29) is 11.7 Å². The fraction of sp³-hybridized carbons (Fsp3) is 0.467. The van der Waals surface area contributed by atoms with Crippen molar-refractivity contribution in [2.75, 3.05) is 0 Å². The van der Waals surface area contributed by atoms with E-state index in [0.29, 0.717) is 18.4 Å². The number of hydrogen-bond acceptors (Lipinski definition) is 2. The van der Waals surface area contributed by atoms with Crippen molar-refractivity contribution in [3.63, 3.8) is 0 Å². The summed E-state index contributed by atoms with van der Waals surface area (Å²) in [4.78, 5) is 23.2. The summed E-state index contributed by atoms with van der Waals surface area (Å²) in [6, 6.07) is 6.04. The summed E-state index contributed by atoms with van der Waals surface area (Å²) in [5, 5.41) is 11.7. The average Bonchev–Trinajstić information content (AvgIpc) is 2.38. The van der Waals surface area contributed by atoms with Gasteiger partial charge in [0.25, 0.3) is 0 Å². The average molecular weight is 281 g/mol. The lowest BCUT2D eigenvalue weighted by atomic mass is 9.95. The molecule has 0 aliphatic carbocycles. The molecule has 1 aromatic rings. The van der Waals surface area contributed by atoms with Crippen LogP contribution in [0.3, 0.4) is 0 Å². The number of carboxylic acids is 1. The molecule has 2 unspecified atom stereocenters. The molecule has 20 heavy (non-hydrogen) atoms. The Hall–Kier alpha value is -1.91. The molecule has 0 saturated heterocycles. The molecule has 0 heterocycles. The number of benzene rings is 1. The lowest BCUT2D eigenvalue weighted by Gasteiger charge is -2.26. The highest BCUT2D eigenvalue weighted by Crippen LogP contribution is 2.14. The van der Waals surface area contributed by atoms with Gasteiger partial charge in [-0.05, 0) is 37.5 Å². The van der Waals surface area contributed by atoms with Gasteiger partial charge in [0.15, 0.2) is 0 Å².